The smallest absolute Gasteiger partial charge is 0.463 e. The van der Waals surface area contributed by atoms with Crippen LogP contribution < -0.4 is 5.32 Å². The number of phosphoric acid groups is 1. The van der Waals surface area contributed by atoms with Crippen molar-refractivity contribution in [3.63, 3.8) is 0 Å². The lowest BCUT2D eigenvalue weighted by atomic mass is 10.1. The van der Waals surface area contributed by atoms with Crippen molar-refractivity contribution in [1.29, 1.82) is 0 Å². The van der Waals surface area contributed by atoms with Gasteiger partial charge in [0.15, 0.2) is 0 Å². The largest absolute Gasteiger partial charge is 0.472 e. The van der Waals surface area contributed by atoms with Crippen LogP contribution in [0.1, 0.15) is 181 Å². The van der Waals surface area contributed by atoms with Gasteiger partial charge in [-0.25, -0.2) is 4.57 Å². The first-order chi connectivity index (χ1) is 31.8. The first kappa shape index (κ1) is 61.4. The number of nitrogens with one attached hydrogen (secondary N) is 1. The summed E-state index contributed by atoms with van der Waals surface area (Å²) in [5.74, 6) is -0.569. The summed E-state index contributed by atoms with van der Waals surface area (Å²) in [6, 6.07) is 0. The molecule has 65 heavy (non-hydrogen) atoms. The highest BCUT2D eigenvalue weighted by Gasteiger charge is 2.23. The Balaban J connectivity index is 3.70. The Bertz CT molecular complexity index is 1470. The number of carbonyl (C=O) groups is 2. The molecule has 0 aromatic heterocycles. The van der Waals surface area contributed by atoms with Crippen molar-refractivity contribution in [3.8, 4) is 0 Å². The third-order valence-electron chi connectivity index (χ3n) is 9.88. The van der Waals surface area contributed by atoms with Crippen LogP contribution in [0.5, 0.6) is 0 Å². The lowest BCUT2D eigenvalue weighted by Crippen LogP contribution is -2.27. The number of phosphoric ester groups is 1. The maximum atomic E-state index is 12.1. The molecule has 9 nitrogen and oxygen atoms in total. The van der Waals surface area contributed by atoms with Crippen LogP contribution in [0, 0.1) is 0 Å². The monoisotopic (exact) mass is 924 g/mol. The number of rotatable bonds is 45. The van der Waals surface area contributed by atoms with Crippen LogP contribution in [-0.4, -0.2) is 54.3 Å². The molecule has 2 atom stereocenters. The van der Waals surface area contributed by atoms with Gasteiger partial charge >= 0.3 is 13.8 Å². The molecule has 2 unspecified atom stereocenters. The zero-order chi connectivity index (χ0) is 47.4. The molecule has 0 rings (SSSR count). The zero-order valence-corrected chi connectivity index (χ0v) is 41.5. The van der Waals surface area contributed by atoms with Gasteiger partial charge in [-0.2, -0.15) is 0 Å². The average Bonchev–Trinajstić information content (AvgIpc) is 3.29. The minimum absolute atomic E-state index is 0.0565. The molecule has 1 amide bonds. The molecule has 0 saturated heterocycles. The van der Waals surface area contributed by atoms with Gasteiger partial charge < -0.3 is 20.1 Å². The molecule has 0 spiro atoms. The highest BCUT2D eigenvalue weighted by atomic mass is 31.2. The highest BCUT2D eigenvalue weighted by molar-refractivity contribution is 7.47. The van der Waals surface area contributed by atoms with Crippen molar-refractivity contribution in [2.24, 2.45) is 0 Å². The fourth-order valence-corrected chi connectivity index (χ4v) is 6.89. The quantitative estimate of drug-likeness (QED) is 0.0238. The molecule has 0 aromatic carbocycles. The minimum atomic E-state index is -4.45. The molecule has 0 saturated carbocycles. The van der Waals surface area contributed by atoms with Gasteiger partial charge in [0, 0.05) is 19.4 Å². The van der Waals surface area contributed by atoms with E-state index < -0.39 is 26.5 Å². The second kappa shape index (κ2) is 49.8. The van der Waals surface area contributed by atoms with E-state index in [1.807, 2.05) is 0 Å². The minimum Gasteiger partial charge on any atom is -0.463 e. The maximum absolute atomic E-state index is 12.1. The molecule has 0 bridgehead atoms. The predicted octanol–water partition coefficient (Wildman–Crippen LogP) is 14.9. The number of amides is 1. The van der Waals surface area contributed by atoms with E-state index in [2.05, 4.69) is 141 Å². The van der Waals surface area contributed by atoms with E-state index in [9.17, 15) is 24.2 Å². The van der Waals surface area contributed by atoms with Crippen LogP contribution >= 0.6 is 7.82 Å². The van der Waals surface area contributed by atoms with E-state index in [0.717, 1.165) is 122 Å². The Morgan fingerprint density at radius 1 is 0.492 bits per heavy atom. The summed E-state index contributed by atoms with van der Waals surface area (Å²) >= 11 is 0. The zero-order valence-electron chi connectivity index (χ0n) is 40.6. The van der Waals surface area contributed by atoms with Crippen molar-refractivity contribution >= 4 is 19.7 Å². The summed E-state index contributed by atoms with van der Waals surface area (Å²) in [6.45, 7) is 3.34. The van der Waals surface area contributed by atoms with E-state index in [-0.39, 0.29) is 32.1 Å². The molecule has 3 N–H and O–H groups in total. The molecular weight excluding hydrogens is 834 g/mol. The van der Waals surface area contributed by atoms with Crippen LogP contribution in [-0.2, 0) is 27.9 Å². The number of aliphatic hydroxyl groups is 1. The second-order valence-corrected chi connectivity index (χ2v) is 17.5. The van der Waals surface area contributed by atoms with Crippen molar-refractivity contribution in [2.75, 3.05) is 26.4 Å². The summed E-state index contributed by atoms with van der Waals surface area (Å²) in [4.78, 5) is 34.1. The van der Waals surface area contributed by atoms with Crippen molar-refractivity contribution in [1.82, 2.24) is 5.32 Å². The van der Waals surface area contributed by atoms with E-state index in [0.29, 0.717) is 12.8 Å². The topological polar surface area (TPSA) is 131 Å². The number of aliphatic hydroxyl groups excluding tert-OH is 1. The Morgan fingerprint density at radius 3 is 1.32 bits per heavy atom. The Kier molecular flexibility index (Phi) is 47.1. The molecule has 10 heteroatoms. The predicted molar refractivity (Wildman–Crippen MR) is 274 cm³/mol. The lowest BCUT2D eigenvalue weighted by molar-refractivity contribution is -0.147. The molecule has 0 aliphatic heterocycles. The normalized spacial score (nSPS) is 14.2. The summed E-state index contributed by atoms with van der Waals surface area (Å²) < 4.78 is 27.0. The van der Waals surface area contributed by atoms with Crippen LogP contribution in [0.25, 0.3) is 0 Å². The van der Waals surface area contributed by atoms with Gasteiger partial charge in [0.05, 0.1) is 13.2 Å². The Labute approximate surface area is 396 Å². The van der Waals surface area contributed by atoms with Crippen molar-refractivity contribution in [2.45, 2.75) is 187 Å². The summed E-state index contributed by atoms with van der Waals surface area (Å²) in [7, 11) is -4.45. The summed E-state index contributed by atoms with van der Waals surface area (Å²) in [5.41, 5.74) is 0. The maximum Gasteiger partial charge on any atom is 0.472 e. The van der Waals surface area contributed by atoms with Gasteiger partial charge in [0.1, 0.15) is 12.7 Å². The van der Waals surface area contributed by atoms with Crippen molar-refractivity contribution in [3.05, 3.63) is 122 Å². The average molecular weight is 924 g/mol. The molecule has 368 valence electrons. The standard InChI is InChI=1S/C55H90NO8P/c1-3-5-7-9-11-13-15-17-19-21-23-25-26-28-29-31-33-35-37-39-41-43-45-47-54(58)56-49-50-63-65(60,61)64-52-53(57)51-62-55(59)48-46-44-42-40-38-36-34-32-30-27-24-22-20-18-16-14-12-10-8-6-4-2/h5,7,11-14,17-20,23-25,27-29,32-35,53,57H,3-4,6,8-10,15-16,21-22,26,30-31,36-52H2,1-2H3,(H,56,58)(H,60,61)/b7-5-,13-11-,14-12-,19-17-,20-18-,25-23-,27-24-,29-28-,34-32-,35-33-. The van der Waals surface area contributed by atoms with Crippen LogP contribution in [0.3, 0.4) is 0 Å². The number of hydrogen-bond acceptors (Lipinski definition) is 7. The van der Waals surface area contributed by atoms with Crippen LogP contribution in [0.15, 0.2) is 122 Å². The first-order valence-electron chi connectivity index (χ1n) is 25.0. The molecular formula is C55H90NO8P. The SMILES string of the molecule is CC/C=C\C/C=C\C/C=C\C/C=C\C/C=C\C/C=C\CCCCCCC(=O)NCCOP(=O)(O)OCC(O)COC(=O)CCCCCCC/C=C\C/C=C\C/C=C\C/C=C\CCCCC. The van der Waals surface area contributed by atoms with E-state index in [1.165, 1.54) is 25.7 Å². The van der Waals surface area contributed by atoms with Gasteiger partial charge in [0.2, 0.25) is 5.91 Å². The lowest BCUT2D eigenvalue weighted by Gasteiger charge is -2.15. The van der Waals surface area contributed by atoms with Gasteiger partial charge in [-0.1, -0.05) is 180 Å². The molecule has 0 aromatic rings. The molecule has 0 fully saturated rings. The number of esters is 1. The molecule has 0 radical (unpaired) electrons. The number of unbranched alkanes of at least 4 members (excludes halogenated alkanes) is 12. The van der Waals surface area contributed by atoms with Gasteiger partial charge in [-0.05, 0) is 109 Å². The van der Waals surface area contributed by atoms with E-state index in [1.54, 1.807) is 0 Å². The summed E-state index contributed by atoms with van der Waals surface area (Å²) in [6.07, 6.45) is 68.4. The first-order valence-corrected chi connectivity index (χ1v) is 26.5. The Hall–Kier alpha value is -3.59. The Morgan fingerprint density at radius 2 is 0.877 bits per heavy atom. The van der Waals surface area contributed by atoms with Gasteiger partial charge in [-0.3, -0.25) is 18.6 Å². The highest BCUT2D eigenvalue weighted by Crippen LogP contribution is 2.42. The fraction of sp³-hybridized carbons (Fsp3) is 0.600. The van der Waals surface area contributed by atoms with E-state index >= 15 is 0 Å². The molecule has 0 aliphatic rings. The number of carbonyl (C=O) groups excluding carboxylic acids is 2. The number of hydrogen-bond donors (Lipinski definition) is 3. The fourth-order valence-electron chi connectivity index (χ4n) is 6.13. The third kappa shape index (κ3) is 51.3. The van der Waals surface area contributed by atoms with E-state index in [4.69, 9.17) is 13.8 Å². The number of ether oxygens (including phenoxy) is 1. The second-order valence-electron chi connectivity index (χ2n) is 16.0. The third-order valence-corrected chi connectivity index (χ3v) is 10.9. The summed E-state index contributed by atoms with van der Waals surface area (Å²) in [5, 5.41) is 12.7. The molecule has 0 heterocycles. The number of allylic oxidation sites excluding steroid dienone is 20. The van der Waals surface area contributed by atoms with Crippen LogP contribution in [0.4, 0.5) is 0 Å². The van der Waals surface area contributed by atoms with Crippen molar-refractivity contribution < 1.29 is 37.9 Å². The van der Waals surface area contributed by atoms with Gasteiger partial charge in [-0.15, -0.1) is 0 Å². The molecule has 0 aliphatic carbocycles. The van der Waals surface area contributed by atoms with Gasteiger partial charge in [0.25, 0.3) is 0 Å². The van der Waals surface area contributed by atoms with Crippen LogP contribution in [0.2, 0.25) is 0 Å².